The third-order valence-electron chi connectivity index (χ3n) is 3.10. The van der Waals surface area contributed by atoms with Crippen molar-refractivity contribution in [3.05, 3.63) is 47.5 Å². The molecule has 0 atom stereocenters. The number of carboxylic acids is 1. The summed E-state index contributed by atoms with van der Waals surface area (Å²) in [5.41, 5.74) is 3.29. The number of para-hydroxylation sites is 1. The molecular formula is C14H11NO2. The molecule has 17 heavy (non-hydrogen) atoms. The number of benzene rings is 2. The first-order valence-electron chi connectivity index (χ1n) is 5.42. The van der Waals surface area contributed by atoms with E-state index >= 15 is 0 Å². The van der Waals surface area contributed by atoms with Gasteiger partial charge in [0.15, 0.2) is 0 Å². The van der Waals surface area contributed by atoms with Gasteiger partial charge in [0.25, 0.3) is 0 Å². The second-order valence-corrected chi connectivity index (χ2v) is 4.16. The zero-order chi connectivity index (χ0) is 12.0. The number of hydrogen-bond acceptors (Lipinski definition) is 1. The van der Waals surface area contributed by atoms with E-state index in [4.69, 9.17) is 0 Å². The highest BCUT2D eigenvalue weighted by molar-refractivity contribution is 6.16. The average Bonchev–Trinajstić information content (AvgIpc) is 2.69. The Morgan fingerprint density at radius 1 is 1.18 bits per heavy atom. The molecule has 1 aromatic heterocycles. The van der Waals surface area contributed by atoms with E-state index in [1.165, 1.54) is 0 Å². The van der Waals surface area contributed by atoms with Gasteiger partial charge in [0.05, 0.1) is 11.1 Å². The number of aromatic amines is 1. The number of aromatic carboxylic acids is 1. The maximum atomic E-state index is 11.3. The van der Waals surface area contributed by atoms with Crippen LogP contribution in [-0.4, -0.2) is 16.1 Å². The molecular weight excluding hydrogens is 214 g/mol. The minimum absolute atomic E-state index is 0.350. The van der Waals surface area contributed by atoms with Crippen molar-refractivity contribution in [2.45, 2.75) is 6.92 Å². The van der Waals surface area contributed by atoms with E-state index in [-0.39, 0.29) is 0 Å². The van der Waals surface area contributed by atoms with Gasteiger partial charge in [-0.2, -0.15) is 0 Å². The number of rotatable bonds is 1. The minimum atomic E-state index is -0.889. The van der Waals surface area contributed by atoms with E-state index in [9.17, 15) is 9.90 Å². The molecule has 0 aliphatic carbocycles. The topological polar surface area (TPSA) is 53.1 Å². The lowest BCUT2D eigenvalue weighted by atomic mass is 10.0. The van der Waals surface area contributed by atoms with Crippen LogP contribution in [0.1, 0.15) is 15.9 Å². The second kappa shape index (κ2) is 3.35. The Hall–Kier alpha value is -2.29. The van der Waals surface area contributed by atoms with Gasteiger partial charge in [0.1, 0.15) is 0 Å². The smallest absolute Gasteiger partial charge is 0.336 e. The highest BCUT2D eigenvalue weighted by Gasteiger charge is 2.14. The molecule has 2 N–H and O–H groups in total. The van der Waals surface area contributed by atoms with Crippen molar-refractivity contribution in [1.29, 1.82) is 0 Å². The van der Waals surface area contributed by atoms with Gasteiger partial charge in [0, 0.05) is 16.3 Å². The number of aryl methyl sites for hydroxylation is 1. The predicted molar refractivity (Wildman–Crippen MR) is 67.5 cm³/mol. The molecule has 1 heterocycles. The van der Waals surface area contributed by atoms with Gasteiger partial charge in [-0.3, -0.25) is 0 Å². The van der Waals surface area contributed by atoms with Crippen molar-refractivity contribution < 1.29 is 9.90 Å². The molecule has 0 aliphatic heterocycles. The summed E-state index contributed by atoms with van der Waals surface area (Å²) in [7, 11) is 0. The van der Waals surface area contributed by atoms with Crippen LogP contribution < -0.4 is 0 Å². The zero-order valence-corrected chi connectivity index (χ0v) is 9.32. The Bertz CT molecular complexity index is 740. The van der Waals surface area contributed by atoms with Crippen LogP contribution in [0, 0.1) is 6.92 Å². The lowest BCUT2D eigenvalue weighted by Gasteiger charge is -2.00. The second-order valence-electron chi connectivity index (χ2n) is 4.16. The van der Waals surface area contributed by atoms with Crippen molar-refractivity contribution in [1.82, 2.24) is 4.98 Å². The van der Waals surface area contributed by atoms with Crippen molar-refractivity contribution in [3.8, 4) is 0 Å². The van der Waals surface area contributed by atoms with Gasteiger partial charge in [-0.15, -0.1) is 0 Å². The van der Waals surface area contributed by atoms with E-state index in [1.807, 2.05) is 37.3 Å². The molecule has 3 heteroatoms. The highest BCUT2D eigenvalue weighted by Crippen LogP contribution is 2.30. The minimum Gasteiger partial charge on any atom is -0.478 e. The average molecular weight is 225 g/mol. The van der Waals surface area contributed by atoms with Gasteiger partial charge < -0.3 is 10.1 Å². The quantitative estimate of drug-likeness (QED) is 0.667. The van der Waals surface area contributed by atoms with Crippen LogP contribution in [0.25, 0.3) is 21.8 Å². The molecule has 0 bridgehead atoms. The molecule has 2 aromatic carbocycles. The summed E-state index contributed by atoms with van der Waals surface area (Å²) < 4.78 is 0. The van der Waals surface area contributed by atoms with E-state index < -0.39 is 5.97 Å². The summed E-state index contributed by atoms with van der Waals surface area (Å²) in [5, 5.41) is 11.0. The monoisotopic (exact) mass is 225 g/mol. The molecule has 3 rings (SSSR count). The molecule has 0 aliphatic rings. The SMILES string of the molecule is Cc1ccc(C(=O)O)c2c1[nH]c1ccccc12. The summed E-state index contributed by atoms with van der Waals surface area (Å²) in [4.78, 5) is 14.5. The van der Waals surface area contributed by atoms with Crippen molar-refractivity contribution in [2.75, 3.05) is 0 Å². The molecule has 0 radical (unpaired) electrons. The molecule has 0 saturated carbocycles. The molecule has 3 aromatic rings. The largest absolute Gasteiger partial charge is 0.478 e. The zero-order valence-electron chi connectivity index (χ0n) is 9.32. The van der Waals surface area contributed by atoms with E-state index in [0.717, 1.165) is 27.4 Å². The summed E-state index contributed by atoms with van der Waals surface area (Å²) in [6.45, 7) is 1.98. The van der Waals surface area contributed by atoms with Gasteiger partial charge in [-0.25, -0.2) is 4.79 Å². The highest BCUT2D eigenvalue weighted by atomic mass is 16.4. The summed E-state index contributed by atoms with van der Waals surface area (Å²) in [6, 6.07) is 11.3. The fourth-order valence-corrected chi connectivity index (χ4v) is 2.27. The van der Waals surface area contributed by atoms with Crippen molar-refractivity contribution >= 4 is 27.8 Å². The normalized spacial score (nSPS) is 11.1. The van der Waals surface area contributed by atoms with E-state index in [1.54, 1.807) is 6.07 Å². The number of carboxylic acid groups (broad SMARTS) is 1. The molecule has 84 valence electrons. The maximum Gasteiger partial charge on any atom is 0.336 e. The number of nitrogens with one attached hydrogen (secondary N) is 1. The van der Waals surface area contributed by atoms with Gasteiger partial charge in [0.2, 0.25) is 0 Å². The molecule has 0 spiro atoms. The third-order valence-corrected chi connectivity index (χ3v) is 3.10. The van der Waals surface area contributed by atoms with Crippen LogP contribution in [-0.2, 0) is 0 Å². The number of hydrogen-bond donors (Lipinski definition) is 2. The fourth-order valence-electron chi connectivity index (χ4n) is 2.27. The van der Waals surface area contributed by atoms with E-state index in [0.29, 0.717) is 5.56 Å². The Labute approximate surface area is 97.7 Å². The number of aromatic nitrogens is 1. The Morgan fingerprint density at radius 2 is 1.94 bits per heavy atom. The summed E-state index contributed by atoms with van der Waals surface area (Å²) in [6.07, 6.45) is 0. The molecule has 0 saturated heterocycles. The predicted octanol–water partition coefficient (Wildman–Crippen LogP) is 3.33. The number of fused-ring (bicyclic) bond motifs is 3. The lowest BCUT2D eigenvalue weighted by Crippen LogP contribution is -1.97. The van der Waals surface area contributed by atoms with Crippen LogP contribution in [0.4, 0.5) is 0 Å². The number of H-pyrrole nitrogens is 1. The van der Waals surface area contributed by atoms with Crippen LogP contribution in [0.2, 0.25) is 0 Å². The van der Waals surface area contributed by atoms with Crippen LogP contribution >= 0.6 is 0 Å². The van der Waals surface area contributed by atoms with Gasteiger partial charge in [-0.05, 0) is 24.6 Å². The van der Waals surface area contributed by atoms with Gasteiger partial charge in [-0.1, -0.05) is 24.3 Å². The standard InChI is InChI=1S/C14H11NO2/c1-8-6-7-10(14(16)17)12-9-4-2-3-5-11(9)15-13(8)12/h2-7,15H,1H3,(H,16,17). The fraction of sp³-hybridized carbons (Fsp3) is 0.0714. The number of carbonyl (C=O) groups is 1. The lowest BCUT2D eigenvalue weighted by molar-refractivity contribution is 0.0699. The van der Waals surface area contributed by atoms with Crippen molar-refractivity contribution in [2.24, 2.45) is 0 Å². The van der Waals surface area contributed by atoms with Crippen LogP contribution in [0.15, 0.2) is 36.4 Å². The van der Waals surface area contributed by atoms with Crippen LogP contribution in [0.3, 0.4) is 0 Å². The maximum absolute atomic E-state index is 11.3. The van der Waals surface area contributed by atoms with Crippen LogP contribution in [0.5, 0.6) is 0 Å². The Balaban J connectivity index is 2.60. The third kappa shape index (κ3) is 1.32. The molecule has 0 unspecified atom stereocenters. The van der Waals surface area contributed by atoms with Gasteiger partial charge >= 0.3 is 5.97 Å². The first-order valence-corrected chi connectivity index (χ1v) is 5.42. The van der Waals surface area contributed by atoms with E-state index in [2.05, 4.69) is 4.98 Å². The summed E-state index contributed by atoms with van der Waals surface area (Å²) in [5.74, 6) is -0.889. The first kappa shape index (κ1) is 9.90. The molecule has 0 amide bonds. The first-order chi connectivity index (χ1) is 8.18. The molecule has 0 fully saturated rings. The Kier molecular flexibility index (Phi) is 1.95. The summed E-state index contributed by atoms with van der Waals surface area (Å²) >= 11 is 0. The van der Waals surface area contributed by atoms with Crippen molar-refractivity contribution in [3.63, 3.8) is 0 Å². The molecule has 3 nitrogen and oxygen atoms in total. The Morgan fingerprint density at radius 3 is 2.71 bits per heavy atom.